The first-order chi connectivity index (χ1) is 8.29. The van der Waals surface area contributed by atoms with Gasteiger partial charge in [-0.3, -0.25) is 0 Å². The molecular weight excluding hydrogens is 256 g/mol. The van der Waals surface area contributed by atoms with E-state index in [0.29, 0.717) is 0 Å². The first-order valence-electron chi connectivity index (χ1n) is 4.75. The van der Waals surface area contributed by atoms with Crippen LogP contribution < -0.4 is 9.84 Å². The van der Waals surface area contributed by atoms with Gasteiger partial charge in [-0.1, -0.05) is 0 Å². The Bertz CT molecular complexity index is 534. The predicted octanol–water partition coefficient (Wildman–Crippen LogP) is 1.28. The topological polar surface area (TPSA) is 49.4 Å². The number of ether oxygens (including phenoxy) is 1. The fraction of sp³-hybridized carbons (Fsp3) is 0.182. The monoisotopic (exact) mass is 261 g/mol. The summed E-state index contributed by atoms with van der Waals surface area (Å²) < 4.78 is 55.1. The third kappa shape index (κ3) is 2.15. The van der Waals surface area contributed by atoms with E-state index in [9.17, 15) is 27.5 Å². The maximum absolute atomic E-state index is 12.9. The Morgan fingerprint density at radius 2 is 2.00 bits per heavy atom. The first-order valence-corrected chi connectivity index (χ1v) is 4.75. The molecule has 0 saturated carbocycles. The molecule has 0 aliphatic carbocycles. The number of carbonyl (C=O) groups excluding carboxylic acids is 1. The lowest BCUT2D eigenvalue weighted by Gasteiger charge is -2.29. The van der Waals surface area contributed by atoms with Crippen molar-refractivity contribution < 1.29 is 32.2 Å². The molecule has 3 nitrogen and oxygen atoms in total. The summed E-state index contributed by atoms with van der Waals surface area (Å²) >= 11 is 0. The highest BCUT2D eigenvalue weighted by atomic mass is 19.4. The second-order valence-corrected chi connectivity index (χ2v) is 3.61. The van der Waals surface area contributed by atoms with Gasteiger partial charge in [0.05, 0.1) is 5.97 Å². The molecule has 1 unspecified atom stereocenters. The first kappa shape index (κ1) is 12.4. The van der Waals surface area contributed by atoms with E-state index in [1.165, 1.54) is 0 Å². The molecule has 0 radical (unpaired) electrons. The minimum atomic E-state index is -4.92. The number of aliphatic carboxylic acids is 1. The number of carboxylic acid groups (broad SMARTS) is 1. The van der Waals surface area contributed by atoms with Crippen LogP contribution in [0.15, 0.2) is 23.8 Å². The van der Waals surface area contributed by atoms with E-state index in [-0.39, 0.29) is 11.3 Å². The highest BCUT2D eigenvalue weighted by Gasteiger charge is 2.46. The zero-order valence-electron chi connectivity index (χ0n) is 8.62. The average molecular weight is 261 g/mol. The zero-order chi connectivity index (χ0) is 13.5. The summed E-state index contributed by atoms with van der Waals surface area (Å²) in [6.07, 6.45) is -6.81. The number of halogens is 4. The Morgan fingerprint density at radius 3 is 2.56 bits per heavy atom. The normalized spacial score (nSPS) is 18.7. The number of alkyl halides is 3. The lowest BCUT2D eigenvalue weighted by Crippen LogP contribution is -2.44. The SMILES string of the molecule is O=C([O-])C1=Cc2ccc(F)cc2OC1C(F)(F)F. The van der Waals surface area contributed by atoms with Crippen LogP contribution in [0.1, 0.15) is 5.56 Å². The quantitative estimate of drug-likeness (QED) is 0.715. The summed E-state index contributed by atoms with van der Waals surface area (Å²) in [5.41, 5.74) is -0.988. The van der Waals surface area contributed by atoms with Crippen molar-refractivity contribution in [3.05, 3.63) is 35.2 Å². The van der Waals surface area contributed by atoms with Crippen molar-refractivity contribution in [2.75, 3.05) is 0 Å². The highest BCUT2D eigenvalue weighted by molar-refractivity contribution is 5.93. The van der Waals surface area contributed by atoms with Gasteiger partial charge in [0.25, 0.3) is 0 Å². The molecular formula is C11H5F4O3-. The highest BCUT2D eigenvalue weighted by Crippen LogP contribution is 2.37. The van der Waals surface area contributed by atoms with Gasteiger partial charge >= 0.3 is 6.18 Å². The van der Waals surface area contributed by atoms with Crippen LogP contribution >= 0.6 is 0 Å². The molecule has 0 fully saturated rings. The van der Waals surface area contributed by atoms with Crippen molar-refractivity contribution in [1.29, 1.82) is 0 Å². The molecule has 1 heterocycles. The third-order valence-corrected chi connectivity index (χ3v) is 2.35. The van der Waals surface area contributed by atoms with Crippen molar-refractivity contribution in [1.82, 2.24) is 0 Å². The van der Waals surface area contributed by atoms with Gasteiger partial charge in [0.2, 0.25) is 6.10 Å². The molecule has 0 saturated heterocycles. The van der Waals surface area contributed by atoms with E-state index in [2.05, 4.69) is 4.74 Å². The molecule has 1 aliphatic rings. The van der Waals surface area contributed by atoms with Crippen molar-refractivity contribution in [3.63, 3.8) is 0 Å². The number of fused-ring (bicyclic) bond motifs is 1. The number of hydrogen-bond donors (Lipinski definition) is 0. The zero-order valence-corrected chi connectivity index (χ0v) is 8.62. The molecule has 2 rings (SSSR count). The lowest BCUT2D eigenvalue weighted by atomic mass is 10.0. The van der Waals surface area contributed by atoms with Gasteiger partial charge in [0.1, 0.15) is 11.6 Å². The van der Waals surface area contributed by atoms with Gasteiger partial charge in [0.15, 0.2) is 0 Å². The van der Waals surface area contributed by atoms with Gasteiger partial charge in [-0.25, -0.2) is 4.39 Å². The van der Waals surface area contributed by atoms with Crippen molar-refractivity contribution in [2.45, 2.75) is 12.3 Å². The molecule has 0 spiro atoms. The van der Waals surface area contributed by atoms with E-state index in [1.807, 2.05) is 0 Å². The summed E-state index contributed by atoms with van der Waals surface area (Å²) in [6.45, 7) is 0. The molecule has 1 aromatic carbocycles. The van der Waals surface area contributed by atoms with E-state index < -0.39 is 29.6 Å². The minimum Gasteiger partial charge on any atom is -0.545 e. The fourth-order valence-corrected chi connectivity index (χ4v) is 1.57. The lowest BCUT2D eigenvalue weighted by molar-refractivity contribution is -0.302. The molecule has 1 atom stereocenters. The Kier molecular flexibility index (Phi) is 2.76. The van der Waals surface area contributed by atoms with Gasteiger partial charge < -0.3 is 14.6 Å². The average Bonchev–Trinajstić information content (AvgIpc) is 2.25. The molecule has 0 aromatic heterocycles. The Labute approximate surface area is 98.3 Å². The maximum Gasteiger partial charge on any atom is 0.429 e. The molecule has 1 aliphatic heterocycles. The fourth-order valence-electron chi connectivity index (χ4n) is 1.57. The second kappa shape index (κ2) is 4.01. The standard InChI is InChI=1S/C11H6F4O3/c12-6-2-1-5-3-7(10(16)17)9(11(13,14)15)18-8(5)4-6/h1-4,9H,(H,16,17)/p-1. The van der Waals surface area contributed by atoms with Gasteiger partial charge in [0, 0.05) is 17.2 Å². The number of benzene rings is 1. The molecule has 0 bridgehead atoms. The third-order valence-electron chi connectivity index (χ3n) is 2.35. The molecule has 96 valence electrons. The van der Waals surface area contributed by atoms with Crippen LogP contribution in [0.3, 0.4) is 0 Å². The molecule has 0 N–H and O–H groups in total. The predicted molar refractivity (Wildman–Crippen MR) is 49.9 cm³/mol. The summed E-state index contributed by atoms with van der Waals surface area (Å²) in [7, 11) is 0. The number of rotatable bonds is 1. The van der Waals surface area contributed by atoms with Crippen LogP contribution in [0.2, 0.25) is 0 Å². The van der Waals surface area contributed by atoms with E-state index in [0.717, 1.165) is 24.3 Å². The number of carbonyl (C=O) groups is 1. The van der Waals surface area contributed by atoms with Crippen LogP contribution in [0.5, 0.6) is 5.75 Å². The van der Waals surface area contributed by atoms with Gasteiger partial charge in [-0.2, -0.15) is 13.2 Å². The van der Waals surface area contributed by atoms with Crippen molar-refractivity contribution >= 4 is 12.0 Å². The van der Waals surface area contributed by atoms with Crippen LogP contribution in [-0.4, -0.2) is 18.2 Å². The largest absolute Gasteiger partial charge is 0.545 e. The number of hydrogen-bond acceptors (Lipinski definition) is 3. The molecule has 0 amide bonds. The van der Waals surface area contributed by atoms with Crippen LogP contribution in [0.25, 0.3) is 6.08 Å². The Balaban J connectivity index is 2.53. The summed E-state index contributed by atoms with van der Waals surface area (Å²) in [4.78, 5) is 10.7. The maximum atomic E-state index is 12.9. The number of carboxylic acids is 1. The van der Waals surface area contributed by atoms with Gasteiger partial charge in [-0.15, -0.1) is 0 Å². The Morgan fingerprint density at radius 1 is 1.33 bits per heavy atom. The van der Waals surface area contributed by atoms with Crippen molar-refractivity contribution in [2.24, 2.45) is 0 Å². The smallest absolute Gasteiger partial charge is 0.429 e. The second-order valence-electron chi connectivity index (χ2n) is 3.61. The van der Waals surface area contributed by atoms with Crippen LogP contribution in [0, 0.1) is 5.82 Å². The Hall–Kier alpha value is -2.05. The van der Waals surface area contributed by atoms with Gasteiger partial charge in [-0.05, 0) is 18.2 Å². The molecule has 7 heteroatoms. The van der Waals surface area contributed by atoms with Crippen LogP contribution in [0.4, 0.5) is 17.6 Å². The minimum absolute atomic E-state index is 0.0519. The summed E-state index contributed by atoms with van der Waals surface area (Å²) in [5, 5.41) is 10.7. The van der Waals surface area contributed by atoms with Crippen LogP contribution in [-0.2, 0) is 4.79 Å². The van der Waals surface area contributed by atoms with Crippen molar-refractivity contribution in [3.8, 4) is 5.75 Å². The molecule has 1 aromatic rings. The van der Waals surface area contributed by atoms with E-state index in [4.69, 9.17) is 0 Å². The van der Waals surface area contributed by atoms with E-state index in [1.54, 1.807) is 0 Å². The molecule has 18 heavy (non-hydrogen) atoms. The van der Waals surface area contributed by atoms with E-state index >= 15 is 0 Å². The summed E-state index contributed by atoms with van der Waals surface area (Å²) in [6, 6.07) is 2.87. The summed E-state index contributed by atoms with van der Waals surface area (Å²) in [5.74, 6) is -3.12.